The van der Waals surface area contributed by atoms with Gasteiger partial charge in [-0.25, -0.2) is 0 Å². The largest absolute Gasteiger partial charge is 0.481 e. The van der Waals surface area contributed by atoms with Crippen molar-refractivity contribution in [3.8, 4) is 5.75 Å². The molecular formula is C16H21NO4. The minimum Gasteiger partial charge on any atom is -0.481 e. The van der Waals surface area contributed by atoms with Crippen LogP contribution in [0.2, 0.25) is 0 Å². The first kappa shape index (κ1) is 15.4. The fraction of sp³-hybridized carbons (Fsp3) is 0.500. The summed E-state index contributed by atoms with van der Waals surface area (Å²) in [6.07, 6.45) is -0.145. The summed E-state index contributed by atoms with van der Waals surface area (Å²) in [7, 11) is 0. The molecule has 1 aliphatic rings. The van der Waals surface area contributed by atoms with Crippen molar-refractivity contribution in [1.29, 1.82) is 0 Å². The second-order valence-electron chi connectivity index (χ2n) is 5.95. The Morgan fingerprint density at radius 2 is 2.14 bits per heavy atom. The third kappa shape index (κ3) is 3.35. The maximum absolute atomic E-state index is 12.4. The Labute approximate surface area is 124 Å². The van der Waals surface area contributed by atoms with E-state index < -0.39 is 17.5 Å². The van der Waals surface area contributed by atoms with Crippen LogP contribution in [0.5, 0.6) is 5.75 Å². The van der Waals surface area contributed by atoms with E-state index in [1.165, 1.54) is 0 Å². The molecule has 21 heavy (non-hydrogen) atoms. The Kier molecular flexibility index (Phi) is 4.21. The van der Waals surface area contributed by atoms with Crippen LogP contribution >= 0.6 is 0 Å². The maximum atomic E-state index is 12.4. The zero-order chi connectivity index (χ0) is 15.6. The van der Waals surface area contributed by atoms with Crippen LogP contribution in [-0.2, 0) is 9.59 Å². The van der Waals surface area contributed by atoms with Gasteiger partial charge in [-0.05, 0) is 44.9 Å². The summed E-state index contributed by atoms with van der Waals surface area (Å²) < 4.78 is 5.66. The van der Waals surface area contributed by atoms with Gasteiger partial charge in [0, 0.05) is 13.1 Å². The lowest BCUT2D eigenvalue weighted by molar-refractivity contribution is -0.147. The molecule has 1 aromatic carbocycles. The SMILES string of the molecule is Cc1cccc(O[C@H](C)C(=O)N2CC[C@@](C)(C(=O)O)C2)c1. The van der Waals surface area contributed by atoms with E-state index in [2.05, 4.69) is 0 Å². The number of carbonyl (C=O) groups excluding carboxylic acids is 1. The molecule has 0 unspecified atom stereocenters. The molecule has 0 bridgehead atoms. The summed E-state index contributed by atoms with van der Waals surface area (Å²) in [5.41, 5.74) is 0.213. The number of benzene rings is 1. The first-order chi connectivity index (χ1) is 9.82. The highest BCUT2D eigenvalue weighted by Gasteiger charge is 2.43. The molecule has 1 heterocycles. The van der Waals surface area contributed by atoms with E-state index in [0.717, 1.165) is 5.56 Å². The quantitative estimate of drug-likeness (QED) is 0.922. The summed E-state index contributed by atoms with van der Waals surface area (Å²) in [6.45, 7) is 6.03. The van der Waals surface area contributed by atoms with Crippen LogP contribution in [0, 0.1) is 12.3 Å². The Hall–Kier alpha value is -2.04. The van der Waals surface area contributed by atoms with E-state index in [0.29, 0.717) is 18.7 Å². The van der Waals surface area contributed by atoms with E-state index in [1.807, 2.05) is 31.2 Å². The number of carbonyl (C=O) groups is 2. The van der Waals surface area contributed by atoms with Crippen molar-refractivity contribution in [1.82, 2.24) is 4.90 Å². The molecule has 5 heteroatoms. The number of hydrogen-bond donors (Lipinski definition) is 1. The molecule has 0 aliphatic carbocycles. The second-order valence-corrected chi connectivity index (χ2v) is 5.95. The average molecular weight is 291 g/mol. The van der Waals surface area contributed by atoms with Crippen LogP contribution in [-0.4, -0.2) is 41.1 Å². The highest BCUT2D eigenvalue weighted by molar-refractivity contribution is 5.83. The van der Waals surface area contributed by atoms with Crippen LogP contribution in [0.4, 0.5) is 0 Å². The first-order valence-corrected chi connectivity index (χ1v) is 7.07. The smallest absolute Gasteiger partial charge is 0.311 e. The van der Waals surface area contributed by atoms with Gasteiger partial charge in [0.2, 0.25) is 0 Å². The summed E-state index contributed by atoms with van der Waals surface area (Å²) >= 11 is 0. The zero-order valence-electron chi connectivity index (χ0n) is 12.6. The minimum atomic E-state index is -0.856. The number of rotatable bonds is 4. The highest BCUT2D eigenvalue weighted by Crippen LogP contribution is 2.30. The van der Waals surface area contributed by atoms with Crippen LogP contribution in [0.15, 0.2) is 24.3 Å². The average Bonchev–Trinajstić information content (AvgIpc) is 2.82. The summed E-state index contributed by atoms with van der Waals surface area (Å²) in [6, 6.07) is 7.51. The zero-order valence-corrected chi connectivity index (χ0v) is 12.6. The van der Waals surface area contributed by atoms with Crippen molar-refractivity contribution in [3.63, 3.8) is 0 Å². The van der Waals surface area contributed by atoms with Gasteiger partial charge in [-0.3, -0.25) is 9.59 Å². The van der Waals surface area contributed by atoms with Crippen molar-refractivity contribution in [2.24, 2.45) is 5.41 Å². The lowest BCUT2D eigenvalue weighted by Crippen LogP contribution is -2.41. The number of carboxylic acids is 1. The van der Waals surface area contributed by atoms with E-state index >= 15 is 0 Å². The third-order valence-corrected chi connectivity index (χ3v) is 3.95. The standard InChI is InChI=1S/C16H21NO4/c1-11-5-4-6-13(9-11)21-12(2)14(18)17-8-7-16(3,10-17)15(19)20/h4-6,9,12H,7-8,10H2,1-3H3,(H,19,20)/t12-,16-/m1/s1. The summed E-state index contributed by atoms with van der Waals surface area (Å²) in [5.74, 6) is -0.373. The van der Waals surface area contributed by atoms with Gasteiger partial charge in [0.1, 0.15) is 5.75 Å². The molecule has 1 saturated heterocycles. The normalized spacial score (nSPS) is 22.9. The molecule has 2 atom stereocenters. The molecule has 2 rings (SSSR count). The minimum absolute atomic E-state index is 0.165. The van der Waals surface area contributed by atoms with Crippen LogP contribution in [0.25, 0.3) is 0 Å². The fourth-order valence-corrected chi connectivity index (χ4v) is 2.52. The summed E-state index contributed by atoms with van der Waals surface area (Å²) in [4.78, 5) is 25.2. The molecule has 0 spiro atoms. The summed E-state index contributed by atoms with van der Waals surface area (Å²) in [5, 5.41) is 9.21. The van der Waals surface area contributed by atoms with Gasteiger partial charge in [-0.2, -0.15) is 0 Å². The van der Waals surface area contributed by atoms with E-state index in [4.69, 9.17) is 4.74 Å². The number of hydrogen-bond acceptors (Lipinski definition) is 3. The molecule has 1 aromatic rings. The maximum Gasteiger partial charge on any atom is 0.311 e. The topological polar surface area (TPSA) is 66.8 Å². The molecule has 1 aliphatic heterocycles. The van der Waals surface area contributed by atoms with Crippen LogP contribution in [0.3, 0.4) is 0 Å². The van der Waals surface area contributed by atoms with Crippen molar-refractivity contribution >= 4 is 11.9 Å². The van der Waals surface area contributed by atoms with Crippen molar-refractivity contribution in [2.75, 3.05) is 13.1 Å². The number of nitrogens with zero attached hydrogens (tertiary/aromatic N) is 1. The number of aryl methyl sites for hydroxylation is 1. The molecule has 0 saturated carbocycles. The van der Waals surface area contributed by atoms with Gasteiger partial charge in [0.15, 0.2) is 6.10 Å². The molecule has 0 aromatic heterocycles. The molecule has 1 fully saturated rings. The molecule has 5 nitrogen and oxygen atoms in total. The Morgan fingerprint density at radius 1 is 1.43 bits per heavy atom. The van der Waals surface area contributed by atoms with Gasteiger partial charge < -0.3 is 14.7 Å². The first-order valence-electron chi connectivity index (χ1n) is 7.07. The molecule has 1 amide bonds. The number of carboxylic acid groups (broad SMARTS) is 1. The predicted octanol–water partition coefficient (Wildman–Crippen LogP) is 2.09. The molecular weight excluding hydrogens is 270 g/mol. The van der Waals surface area contributed by atoms with Crippen molar-refractivity contribution in [3.05, 3.63) is 29.8 Å². The lowest BCUT2D eigenvalue weighted by Gasteiger charge is -2.23. The molecule has 1 N–H and O–H groups in total. The van der Waals surface area contributed by atoms with Crippen LogP contribution in [0.1, 0.15) is 25.8 Å². The van der Waals surface area contributed by atoms with Gasteiger partial charge in [0.05, 0.1) is 5.41 Å². The van der Waals surface area contributed by atoms with E-state index in [-0.39, 0.29) is 12.5 Å². The fourth-order valence-electron chi connectivity index (χ4n) is 2.52. The predicted molar refractivity (Wildman–Crippen MR) is 78.2 cm³/mol. The Balaban J connectivity index is 1.99. The number of aliphatic carboxylic acids is 1. The van der Waals surface area contributed by atoms with Crippen molar-refractivity contribution in [2.45, 2.75) is 33.3 Å². The van der Waals surface area contributed by atoms with Gasteiger partial charge >= 0.3 is 5.97 Å². The monoisotopic (exact) mass is 291 g/mol. The van der Waals surface area contributed by atoms with Gasteiger partial charge in [-0.1, -0.05) is 12.1 Å². The van der Waals surface area contributed by atoms with Gasteiger partial charge in [-0.15, -0.1) is 0 Å². The molecule has 0 radical (unpaired) electrons. The Morgan fingerprint density at radius 3 is 2.71 bits per heavy atom. The lowest BCUT2D eigenvalue weighted by atomic mass is 9.90. The highest BCUT2D eigenvalue weighted by atomic mass is 16.5. The Bertz CT molecular complexity index is 557. The number of likely N-dealkylation sites (tertiary alicyclic amines) is 1. The van der Waals surface area contributed by atoms with E-state index in [1.54, 1.807) is 18.7 Å². The second kappa shape index (κ2) is 5.76. The molecule has 114 valence electrons. The van der Waals surface area contributed by atoms with Gasteiger partial charge in [0.25, 0.3) is 5.91 Å². The number of amides is 1. The van der Waals surface area contributed by atoms with Crippen LogP contribution < -0.4 is 4.74 Å². The third-order valence-electron chi connectivity index (χ3n) is 3.95. The number of ether oxygens (including phenoxy) is 1. The van der Waals surface area contributed by atoms with E-state index in [9.17, 15) is 14.7 Å². The van der Waals surface area contributed by atoms with Crippen molar-refractivity contribution < 1.29 is 19.4 Å².